The quantitative estimate of drug-likeness (QED) is 0.0261. The Morgan fingerprint density at radius 1 is 0.256 bits per heavy atom. The van der Waals surface area contributed by atoms with E-state index in [-0.39, 0.29) is 31.1 Å². The fourth-order valence-corrected chi connectivity index (χ4v) is 9.81. The van der Waals surface area contributed by atoms with Gasteiger partial charge in [0, 0.05) is 19.3 Å². The van der Waals surface area contributed by atoms with Crippen molar-refractivity contribution in [3.63, 3.8) is 0 Å². The van der Waals surface area contributed by atoms with Gasteiger partial charge in [0.1, 0.15) is 13.2 Å². The lowest BCUT2D eigenvalue weighted by atomic mass is 10.0. The second-order valence-corrected chi connectivity index (χ2v) is 23.1. The number of ether oxygens (including phenoxy) is 3. The standard InChI is InChI=1S/C76H130O6/c1-4-7-10-13-16-19-22-25-28-31-34-36-38-40-42-45-48-51-54-57-60-63-66-69-75(78)81-72-73(71-80-74(77)68-65-62-59-56-53-50-47-44-41-33-30-27-24-21-18-15-12-9-6-3)82-76(79)70-67-64-61-58-55-52-49-46-43-39-37-35-32-29-26-23-20-17-14-11-8-5-2/h7,10,16,18-19,21,25,27-28,30,34,36,40-42,44,48,51,73H,4-6,8-9,11-15,17,20,22-24,26,29,31-33,35,37-39,43,45-47,49-50,52-72H2,1-3H3/b10-7-,19-16-,21-18-,28-25-,30-27-,36-34-,42-40-,44-41-,51-48-. The summed E-state index contributed by atoms with van der Waals surface area (Å²) in [5.41, 5.74) is 0. The summed E-state index contributed by atoms with van der Waals surface area (Å²) in [7, 11) is 0. The highest BCUT2D eigenvalue weighted by molar-refractivity contribution is 5.71. The van der Waals surface area contributed by atoms with E-state index in [0.717, 1.165) is 128 Å². The van der Waals surface area contributed by atoms with E-state index in [1.807, 2.05) is 0 Å². The smallest absolute Gasteiger partial charge is 0.306 e. The largest absolute Gasteiger partial charge is 0.462 e. The van der Waals surface area contributed by atoms with Crippen LogP contribution in [0.1, 0.15) is 335 Å². The molecule has 0 aromatic carbocycles. The Hall–Kier alpha value is -3.93. The first-order chi connectivity index (χ1) is 40.5. The summed E-state index contributed by atoms with van der Waals surface area (Å²) >= 11 is 0. The van der Waals surface area contributed by atoms with Gasteiger partial charge >= 0.3 is 17.9 Å². The van der Waals surface area contributed by atoms with Gasteiger partial charge in [0.05, 0.1) is 0 Å². The number of carbonyl (C=O) groups is 3. The lowest BCUT2D eigenvalue weighted by Gasteiger charge is -2.18. The molecule has 470 valence electrons. The minimum Gasteiger partial charge on any atom is -0.462 e. The van der Waals surface area contributed by atoms with Crippen molar-refractivity contribution >= 4 is 17.9 Å². The van der Waals surface area contributed by atoms with E-state index in [0.29, 0.717) is 19.3 Å². The van der Waals surface area contributed by atoms with Crippen LogP contribution in [0, 0.1) is 0 Å². The zero-order valence-corrected chi connectivity index (χ0v) is 54.0. The number of carbonyl (C=O) groups excluding carboxylic acids is 3. The summed E-state index contributed by atoms with van der Waals surface area (Å²) in [5, 5.41) is 0. The molecule has 0 spiro atoms. The normalized spacial score (nSPS) is 12.8. The van der Waals surface area contributed by atoms with Gasteiger partial charge in [0.2, 0.25) is 0 Å². The molecule has 0 saturated carbocycles. The van der Waals surface area contributed by atoms with E-state index in [9.17, 15) is 14.4 Å². The van der Waals surface area contributed by atoms with Gasteiger partial charge in [0.25, 0.3) is 0 Å². The van der Waals surface area contributed by atoms with E-state index in [1.54, 1.807) is 0 Å². The summed E-state index contributed by atoms with van der Waals surface area (Å²) in [4.78, 5) is 38.5. The molecule has 0 aromatic rings. The third-order valence-corrected chi connectivity index (χ3v) is 15.0. The number of esters is 3. The number of unbranched alkanes of at least 4 members (excludes halogenated alkanes) is 34. The van der Waals surface area contributed by atoms with Gasteiger partial charge < -0.3 is 14.2 Å². The Bertz CT molecular complexity index is 1640. The van der Waals surface area contributed by atoms with Crippen LogP contribution >= 0.6 is 0 Å². The molecule has 0 rings (SSSR count). The molecule has 6 heteroatoms. The van der Waals surface area contributed by atoms with Gasteiger partial charge in [-0.25, -0.2) is 0 Å². The van der Waals surface area contributed by atoms with Crippen molar-refractivity contribution in [1.29, 1.82) is 0 Å². The van der Waals surface area contributed by atoms with Crippen molar-refractivity contribution in [2.45, 2.75) is 341 Å². The van der Waals surface area contributed by atoms with Crippen molar-refractivity contribution < 1.29 is 28.6 Å². The van der Waals surface area contributed by atoms with E-state index in [2.05, 4.69) is 130 Å². The maximum absolute atomic E-state index is 13.0. The van der Waals surface area contributed by atoms with Crippen molar-refractivity contribution in [2.75, 3.05) is 13.2 Å². The highest BCUT2D eigenvalue weighted by atomic mass is 16.6. The summed E-state index contributed by atoms with van der Waals surface area (Å²) in [6, 6.07) is 0. The molecule has 0 aliphatic carbocycles. The zero-order chi connectivity index (χ0) is 59.2. The maximum Gasteiger partial charge on any atom is 0.306 e. The van der Waals surface area contributed by atoms with Crippen LogP contribution in [0.2, 0.25) is 0 Å². The second kappa shape index (κ2) is 69.6. The molecule has 0 bridgehead atoms. The molecule has 0 aliphatic rings. The van der Waals surface area contributed by atoms with Crippen molar-refractivity contribution in [3.8, 4) is 0 Å². The predicted molar refractivity (Wildman–Crippen MR) is 357 cm³/mol. The molecule has 1 unspecified atom stereocenters. The van der Waals surface area contributed by atoms with Crippen LogP contribution in [0.3, 0.4) is 0 Å². The summed E-state index contributed by atoms with van der Waals surface area (Å²) < 4.78 is 17.0. The first kappa shape index (κ1) is 78.1. The lowest BCUT2D eigenvalue weighted by molar-refractivity contribution is -0.167. The fraction of sp³-hybridized carbons (Fsp3) is 0.724. The van der Waals surface area contributed by atoms with Gasteiger partial charge in [-0.1, -0.05) is 316 Å². The zero-order valence-electron chi connectivity index (χ0n) is 54.0. The average molecular weight is 1140 g/mol. The lowest BCUT2D eigenvalue weighted by Crippen LogP contribution is -2.30. The minimum atomic E-state index is -0.797. The third kappa shape index (κ3) is 66.9. The van der Waals surface area contributed by atoms with Crippen molar-refractivity contribution in [2.24, 2.45) is 0 Å². The first-order valence-corrected chi connectivity index (χ1v) is 34.9. The van der Waals surface area contributed by atoms with Gasteiger partial charge in [-0.3, -0.25) is 14.4 Å². The topological polar surface area (TPSA) is 78.9 Å². The molecular weight excluding hydrogens is 1010 g/mol. The average Bonchev–Trinajstić information content (AvgIpc) is 3.48. The first-order valence-electron chi connectivity index (χ1n) is 34.9. The Labute approximate surface area is 508 Å². The molecule has 0 aromatic heterocycles. The van der Waals surface area contributed by atoms with Crippen LogP contribution in [0.25, 0.3) is 0 Å². The molecule has 0 saturated heterocycles. The predicted octanol–water partition coefficient (Wildman–Crippen LogP) is 24.2. The molecule has 0 aliphatic heterocycles. The molecule has 6 nitrogen and oxygen atoms in total. The Morgan fingerprint density at radius 2 is 0.476 bits per heavy atom. The van der Waals surface area contributed by atoms with Gasteiger partial charge in [-0.05, 0) is 109 Å². The van der Waals surface area contributed by atoms with Crippen LogP contribution in [0.15, 0.2) is 109 Å². The summed E-state index contributed by atoms with van der Waals surface area (Å²) in [6.07, 6.45) is 95.3. The van der Waals surface area contributed by atoms with E-state index in [4.69, 9.17) is 14.2 Å². The number of rotatable bonds is 63. The maximum atomic E-state index is 13.0. The SMILES string of the molecule is CC/C=C\C/C=C\C/C=C\C/C=C\C/C=C\C/C=C\CCCCCCC(=O)OCC(COC(=O)CCCCCCCC/C=C\C/C=C\C/C=C\CCCCC)OC(=O)CCCCCCCCCCCCCCCCCCCCCCCC. The van der Waals surface area contributed by atoms with Crippen LogP contribution in [-0.4, -0.2) is 37.2 Å². The number of hydrogen-bond acceptors (Lipinski definition) is 6. The molecule has 1 atom stereocenters. The Balaban J connectivity index is 4.44. The fourth-order valence-electron chi connectivity index (χ4n) is 9.81. The third-order valence-electron chi connectivity index (χ3n) is 15.0. The van der Waals surface area contributed by atoms with E-state index >= 15 is 0 Å². The van der Waals surface area contributed by atoms with E-state index < -0.39 is 6.10 Å². The van der Waals surface area contributed by atoms with Crippen molar-refractivity contribution in [3.05, 3.63) is 109 Å². The highest BCUT2D eigenvalue weighted by Crippen LogP contribution is 2.17. The molecule has 82 heavy (non-hydrogen) atoms. The van der Waals surface area contributed by atoms with E-state index in [1.165, 1.54) is 167 Å². The minimum absolute atomic E-state index is 0.0920. The Kier molecular flexibility index (Phi) is 66.2. The monoisotopic (exact) mass is 1140 g/mol. The summed E-state index contributed by atoms with van der Waals surface area (Å²) in [6.45, 7) is 6.51. The van der Waals surface area contributed by atoms with Gasteiger partial charge in [-0.15, -0.1) is 0 Å². The molecule has 0 amide bonds. The second-order valence-electron chi connectivity index (χ2n) is 23.1. The van der Waals surface area contributed by atoms with Gasteiger partial charge in [0.15, 0.2) is 6.10 Å². The van der Waals surface area contributed by atoms with Crippen LogP contribution in [0.4, 0.5) is 0 Å². The molecule has 0 fully saturated rings. The number of allylic oxidation sites excluding steroid dienone is 18. The molecular formula is C76H130O6. The highest BCUT2D eigenvalue weighted by Gasteiger charge is 2.19. The van der Waals surface area contributed by atoms with Crippen LogP contribution < -0.4 is 0 Å². The molecule has 0 N–H and O–H groups in total. The molecule has 0 radical (unpaired) electrons. The van der Waals surface area contributed by atoms with Crippen LogP contribution in [-0.2, 0) is 28.6 Å². The molecule has 0 heterocycles. The number of hydrogen-bond donors (Lipinski definition) is 0. The van der Waals surface area contributed by atoms with Crippen molar-refractivity contribution in [1.82, 2.24) is 0 Å². The van der Waals surface area contributed by atoms with Crippen LogP contribution in [0.5, 0.6) is 0 Å². The summed E-state index contributed by atoms with van der Waals surface area (Å²) in [5.74, 6) is -0.914. The Morgan fingerprint density at radius 3 is 0.768 bits per heavy atom. The van der Waals surface area contributed by atoms with Gasteiger partial charge in [-0.2, -0.15) is 0 Å².